The first-order valence-electron chi connectivity index (χ1n) is 7.61. The molecule has 1 aromatic heterocycles. The van der Waals surface area contributed by atoms with Gasteiger partial charge in [-0.2, -0.15) is 0 Å². The highest BCUT2D eigenvalue weighted by Gasteiger charge is 2.17. The molecule has 1 amide bonds. The minimum Gasteiger partial charge on any atom is -0.497 e. The highest BCUT2D eigenvalue weighted by Crippen LogP contribution is 2.32. The van der Waals surface area contributed by atoms with E-state index in [0.717, 1.165) is 26.9 Å². The van der Waals surface area contributed by atoms with E-state index in [1.165, 1.54) is 0 Å². The summed E-state index contributed by atoms with van der Waals surface area (Å²) >= 11 is 1.62. The van der Waals surface area contributed by atoms with Crippen LogP contribution < -0.4 is 15.4 Å². The summed E-state index contributed by atoms with van der Waals surface area (Å²) in [6.07, 6.45) is 0.476. The lowest BCUT2D eigenvalue weighted by molar-refractivity contribution is -0.121. The number of rotatable bonds is 7. The van der Waals surface area contributed by atoms with Crippen LogP contribution >= 0.6 is 23.7 Å². The second kappa shape index (κ2) is 9.61. The third kappa shape index (κ3) is 5.19. The van der Waals surface area contributed by atoms with Gasteiger partial charge in [0, 0.05) is 18.5 Å². The summed E-state index contributed by atoms with van der Waals surface area (Å²) in [6, 6.07) is 7.81. The van der Waals surface area contributed by atoms with Crippen LogP contribution in [0.1, 0.15) is 30.0 Å². The number of thiazole rings is 1. The first-order chi connectivity index (χ1) is 11.0. The van der Waals surface area contributed by atoms with E-state index in [4.69, 9.17) is 4.74 Å². The molecule has 5 nitrogen and oxygen atoms in total. The van der Waals surface area contributed by atoms with E-state index in [-0.39, 0.29) is 24.4 Å². The van der Waals surface area contributed by atoms with Gasteiger partial charge in [0.1, 0.15) is 10.8 Å². The fourth-order valence-electron chi connectivity index (χ4n) is 2.28. The summed E-state index contributed by atoms with van der Waals surface area (Å²) in [7, 11) is 3.49. The Hall–Kier alpha value is -1.63. The number of methoxy groups -OCH3 is 1. The van der Waals surface area contributed by atoms with E-state index < -0.39 is 0 Å². The Kier molecular flexibility index (Phi) is 8.18. The van der Waals surface area contributed by atoms with Crippen LogP contribution in [0.25, 0.3) is 10.6 Å². The summed E-state index contributed by atoms with van der Waals surface area (Å²) in [5, 5.41) is 6.96. The van der Waals surface area contributed by atoms with E-state index in [2.05, 4.69) is 15.6 Å². The van der Waals surface area contributed by atoms with Gasteiger partial charge < -0.3 is 15.4 Å². The molecule has 0 saturated carbocycles. The van der Waals surface area contributed by atoms with Crippen molar-refractivity contribution in [2.75, 3.05) is 20.7 Å². The van der Waals surface area contributed by atoms with Crippen LogP contribution in [-0.4, -0.2) is 31.6 Å². The van der Waals surface area contributed by atoms with Crippen LogP contribution in [0.2, 0.25) is 0 Å². The Balaban J connectivity index is 0.00000288. The number of amides is 1. The molecule has 2 N–H and O–H groups in total. The van der Waals surface area contributed by atoms with Crippen LogP contribution in [0.3, 0.4) is 0 Å². The van der Waals surface area contributed by atoms with Crippen molar-refractivity contribution < 1.29 is 9.53 Å². The Labute approximate surface area is 153 Å². The second-order valence-corrected chi connectivity index (χ2v) is 6.37. The lowest BCUT2D eigenvalue weighted by Gasteiger charge is -2.12. The first kappa shape index (κ1) is 20.4. The number of carbonyl (C=O) groups excluding carboxylic acids is 1. The average molecular weight is 370 g/mol. The van der Waals surface area contributed by atoms with Crippen molar-refractivity contribution in [1.29, 1.82) is 0 Å². The van der Waals surface area contributed by atoms with Crippen molar-refractivity contribution >= 4 is 29.7 Å². The quantitative estimate of drug-likeness (QED) is 0.785. The van der Waals surface area contributed by atoms with E-state index in [0.29, 0.717) is 13.0 Å². The van der Waals surface area contributed by atoms with Gasteiger partial charge >= 0.3 is 0 Å². The number of ether oxygens (including phenoxy) is 1. The van der Waals surface area contributed by atoms with Crippen LogP contribution in [0.5, 0.6) is 5.75 Å². The molecule has 0 saturated heterocycles. The molecular weight excluding hydrogens is 346 g/mol. The molecular formula is C17H24ClN3O2S. The van der Waals surface area contributed by atoms with Crippen molar-refractivity contribution in [3.05, 3.63) is 34.8 Å². The summed E-state index contributed by atoms with van der Waals surface area (Å²) in [6.45, 7) is 4.65. The Morgan fingerprint density at radius 2 is 2.00 bits per heavy atom. The van der Waals surface area contributed by atoms with Gasteiger partial charge in [0.25, 0.3) is 0 Å². The standard InChI is InChI=1S/C17H23N3O2S.ClH/c1-11(19-15(21)9-10-18-3)16-12(2)20-17(23-16)13-5-7-14(22-4)8-6-13;/h5-8,11,18H,9-10H2,1-4H3,(H,19,21);1H. The molecule has 1 aromatic carbocycles. The lowest BCUT2D eigenvalue weighted by atomic mass is 10.2. The predicted molar refractivity (Wildman–Crippen MR) is 101 cm³/mol. The molecule has 0 aliphatic carbocycles. The smallest absolute Gasteiger partial charge is 0.221 e. The van der Waals surface area contributed by atoms with Gasteiger partial charge in [0.05, 0.1) is 23.7 Å². The normalized spacial score (nSPS) is 11.5. The Morgan fingerprint density at radius 1 is 1.33 bits per heavy atom. The molecule has 0 aliphatic heterocycles. The molecule has 0 aliphatic rings. The van der Waals surface area contributed by atoms with Gasteiger partial charge in [-0.15, -0.1) is 23.7 Å². The van der Waals surface area contributed by atoms with E-state index in [1.807, 2.05) is 45.2 Å². The first-order valence-corrected chi connectivity index (χ1v) is 8.42. The maximum atomic E-state index is 11.9. The molecule has 24 heavy (non-hydrogen) atoms. The molecule has 2 aromatic rings. The van der Waals surface area contributed by atoms with E-state index in [9.17, 15) is 4.79 Å². The zero-order chi connectivity index (χ0) is 16.8. The molecule has 0 bridgehead atoms. The molecule has 7 heteroatoms. The lowest BCUT2D eigenvalue weighted by Crippen LogP contribution is -2.28. The summed E-state index contributed by atoms with van der Waals surface area (Å²) in [5.74, 6) is 0.873. The maximum Gasteiger partial charge on any atom is 0.221 e. The monoisotopic (exact) mass is 369 g/mol. The maximum absolute atomic E-state index is 11.9. The molecule has 1 atom stereocenters. The molecule has 0 spiro atoms. The van der Waals surface area contributed by atoms with Crippen molar-refractivity contribution in [1.82, 2.24) is 15.6 Å². The minimum atomic E-state index is -0.0381. The van der Waals surface area contributed by atoms with Crippen LogP contribution in [0.4, 0.5) is 0 Å². The number of nitrogens with one attached hydrogen (secondary N) is 2. The number of hydrogen-bond donors (Lipinski definition) is 2. The number of carbonyl (C=O) groups is 1. The topological polar surface area (TPSA) is 63.2 Å². The number of halogens is 1. The van der Waals surface area contributed by atoms with Crippen molar-refractivity contribution in [2.45, 2.75) is 26.3 Å². The number of aromatic nitrogens is 1. The van der Waals surface area contributed by atoms with Gasteiger partial charge in [0.15, 0.2) is 0 Å². The summed E-state index contributed by atoms with van der Waals surface area (Å²) in [4.78, 5) is 17.6. The molecule has 1 heterocycles. The molecule has 1 unspecified atom stereocenters. The van der Waals surface area contributed by atoms with E-state index >= 15 is 0 Å². The van der Waals surface area contributed by atoms with Gasteiger partial charge in [-0.25, -0.2) is 4.98 Å². The minimum absolute atomic E-state index is 0. The Bertz CT molecular complexity index is 658. The number of benzene rings is 1. The van der Waals surface area contributed by atoms with Gasteiger partial charge in [-0.05, 0) is 45.2 Å². The highest BCUT2D eigenvalue weighted by molar-refractivity contribution is 7.15. The van der Waals surface area contributed by atoms with Crippen LogP contribution in [-0.2, 0) is 4.79 Å². The second-order valence-electron chi connectivity index (χ2n) is 5.34. The molecule has 132 valence electrons. The van der Waals surface area contributed by atoms with E-state index in [1.54, 1.807) is 18.4 Å². The SMILES string of the molecule is CNCCC(=O)NC(C)c1sc(-c2ccc(OC)cc2)nc1C.Cl. The Morgan fingerprint density at radius 3 is 2.58 bits per heavy atom. The van der Waals surface area contributed by atoms with Crippen LogP contribution in [0, 0.1) is 6.92 Å². The number of nitrogens with zero attached hydrogens (tertiary/aromatic N) is 1. The molecule has 2 rings (SSSR count). The third-order valence-electron chi connectivity index (χ3n) is 3.54. The largest absolute Gasteiger partial charge is 0.497 e. The fourth-order valence-corrected chi connectivity index (χ4v) is 3.36. The number of hydrogen-bond acceptors (Lipinski definition) is 5. The average Bonchev–Trinajstić information content (AvgIpc) is 2.95. The van der Waals surface area contributed by atoms with Crippen molar-refractivity contribution in [3.8, 4) is 16.3 Å². The summed E-state index contributed by atoms with van der Waals surface area (Å²) in [5.41, 5.74) is 2.01. The number of aryl methyl sites for hydroxylation is 1. The van der Waals surface area contributed by atoms with Gasteiger partial charge in [-0.3, -0.25) is 4.79 Å². The zero-order valence-corrected chi connectivity index (χ0v) is 16.0. The van der Waals surface area contributed by atoms with Crippen molar-refractivity contribution in [2.24, 2.45) is 0 Å². The molecule has 0 fully saturated rings. The van der Waals surface area contributed by atoms with Crippen LogP contribution in [0.15, 0.2) is 24.3 Å². The van der Waals surface area contributed by atoms with Crippen molar-refractivity contribution in [3.63, 3.8) is 0 Å². The third-order valence-corrected chi connectivity index (χ3v) is 4.93. The predicted octanol–water partition coefficient (Wildman–Crippen LogP) is 3.34. The molecule has 0 radical (unpaired) electrons. The fraction of sp³-hybridized carbons (Fsp3) is 0.412. The van der Waals surface area contributed by atoms with Gasteiger partial charge in [-0.1, -0.05) is 0 Å². The van der Waals surface area contributed by atoms with Gasteiger partial charge in [0.2, 0.25) is 5.91 Å². The highest BCUT2D eigenvalue weighted by atomic mass is 35.5. The summed E-state index contributed by atoms with van der Waals surface area (Å²) < 4.78 is 5.18. The zero-order valence-electron chi connectivity index (χ0n) is 14.4.